The van der Waals surface area contributed by atoms with Crippen LogP contribution in [0.4, 0.5) is 5.69 Å². The molecule has 134 valence electrons. The van der Waals surface area contributed by atoms with Crippen molar-refractivity contribution in [1.82, 2.24) is 10.2 Å². The first-order valence-electron chi connectivity index (χ1n) is 9.12. The summed E-state index contributed by atoms with van der Waals surface area (Å²) in [5.41, 5.74) is 3.02. The second-order valence-electron chi connectivity index (χ2n) is 6.29. The zero-order valence-electron chi connectivity index (χ0n) is 15.2. The molecule has 0 spiro atoms. The fourth-order valence-electron chi connectivity index (χ4n) is 3.15. The van der Waals surface area contributed by atoms with Crippen molar-refractivity contribution < 1.29 is 0 Å². The second kappa shape index (κ2) is 8.91. The summed E-state index contributed by atoms with van der Waals surface area (Å²) in [5, 5.41) is 12.4. The van der Waals surface area contributed by atoms with Crippen molar-refractivity contribution in [2.45, 2.75) is 13.5 Å². The van der Waals surface area contributed by atoms with E-state index in [0.717, 1.165) is 44.2 Å². The molecule has 5 nitrogen and oxygen atoms in total. The highest BCUT2D eigenvalue weighted by Gasteiger charge is 2.19. The molecular formula is C21H25N5. The van der Waals surface area contributed by atoms with Crippen molar-refractivity contribution in [3.05, 3.63) is 65.7 Å². The Hall–Kier alpha value is -3.00. The van der Waals surface area contributed by atoms with Gasteiger partial charge in [0, 0.05) is 38.4 Å². The summed E-state index contributed by atoms with van der Waals surface area (Å²) < 4.78 is 0. The summed E-state index contributed by atoms with van der Waals surface area (Å²) >= 11 is 0. The van der Waals surface area contributed by atoms with E-state index in [2.05, 4.69) is 58.4 Å². The van der Waals surface area contributed by atoms with Crippen LogP contribution in [0.1, 0.15) is 18.1 Å². The van der Waals surface area contributed by atoms with Crippen LogP contribution in [-0.2, 0) is 6.54 Å². The highest BCUT2D eigenvalue weighted by Crippen LogP contribution is 2.15. The minimum Gasteiger partial charge on any atom is -0.368 e. The zero-order chi connectivity index (χ0) is 18.2. The van der Waals surface area contributed by atoms with Gasteiger partial charge in [-0.25, -0.2) is 4.99 Å². The first kappa shape index (κ1) is 17.8. The van der Waals surface area contributed by atoms with Crippen molar-refractivity contribution in [2.75, 3.05) is 37.6 Å². The molecule has 1 aliphatic rings. The van der Waals surface area contributed by atoms with Gasteiger partial charge in [0.15, 0.2) is 5.96 Å². The third kappa shape index (κ3) is 4.54. The molecule has 3 rings (SSSR count). The summed E-state index contributed by atoms with van der Waals surface area (Å²) in [7, 11) is 0. The number of piperazine rings is 1. The maximum Gasteiger partial charge on any atom is 0.194 e. The van der Waals surface area contributed by atoms with Crippen LogP contribution in [0.5, 0.6) is 0 Å². The highest BCUT2D eigenvalue weighted by atomic mass is 15.3. The molecule has 1 aliphatic heterocycles. The maximum absolute atomic E-state index is 9.04. The first-order valence-corrected chi connectivity index (χ1v) is 9.12. The fraction of sp³-hybridized carbons (Fsp3) is 0.333. The SMILES string of the molecule is CCNC(=NCc1cccc(C#N)c1)N1CCN(c2ccccc2)CC1. The van der Waals surface area contributed by atoms with Gasteiger partial charge in [-0.2, -0.15) is 5.26 Å². The van der Waals surface area contributed by atoms with Crippen LogP contribution in [0.25, 0.3) is 0 Å². The van der Waals surface area contributed by atoms with Crippen molar-refractivity contribution in [1.29, 1.82) is 5.26 Å². The maximum atomic E-state index is 9.04. The Kier molecular flexibility index (Phi) is 6.10. The number of para-hydroxylation sites is 1. The Morgan fingerprint density at radius 3 is 2.54 bits per heavy atom. The molecule has 26 heavy (non-hydrogen) atoms. The van der Waals surface area contributed by atoms with Crippen molar-refractivity contribution in [3.63, 3.8) is 0 Å². The number of rotatable bonds is 4. The molecule has 0 aliphatic carbocycles. The minimum atomic E-state index is 0.580. The second-order valence-corrected chi connectivity index (χ2v) is 6.29. The van der Waals surface area contributed by atoms with Gasteiger partial charge in [-0.3, -0.25) is 0 Å². The van der Waals surface area contributed by atoms with E-state index in [0.29, 0.717) is 12.1 Å². The number of anilines is 1. The Labute approximate surface area is 155 Å². The highest BCUT2D eigenvalue weighted by molar-refractivity contribution is 5.80. The monoisotopic (exact) mass is 347 g/mol. The van der Waals surface area contributed by atoms with Gasteiger partial charge in [0.25, 0.3) is 0 Å². The molecule has 5 heteroatoms. The fourth-order valence-corrected chi connectivity index (χ4v) is 3.15. The summed E-state index contributed by atoms with van der Waals surface area (Å²) in [6, 6.07) is 20.4. The number of aliphatic imine (C=N–C) groups is 1. The van der Waals surface area contributed by atoms with Gasteiger partial charge in [0.05, 0.1) is 18.2 Å². The van der Waals surface area contributed by atoms with Crippen LogP contribution in [0.3, 0.4) is 0 Å². The van der Waals surface area contributed by atoms with Crippen molar-refractivity contribution >= 4 is 11.6 Å². The molecule has 2 aromatic carbocycles. The van der Waals surface area contributed by atoms with Gasteiger partial charge in [0.2, 0.25) is 0 Å². The topological polar surface area (TPSA) is 54.7 Å². The van der Waals surface area contributed by atoms with E-state index in [4.69, 9.17) is 10.3 Å². The van der Waals surface area contributed by atoms with Gasteiger partial charge < -0.3 is 15.1 Å². The normalized spacial score (nSPS) is 14.8. The smallest absolute Gasteiger partial charge is 0.194 e. The molecule has 2 aromatic rings. The minimum absolute atomic E-state index is 0.580. The lowest BCUT2D eigenvalue weighted by atomic mass is 10.1. The molecule has 0 saturated carbocycles. The molecule has 0 aromatic heterocycles. The van der Waals surface area contributed by atoms with Gasteiger partial charge in [0.1, 0.15) is 0 Å². The van der Waals surface area contributed by atoms with Gasteiger partial charge in [-0.15, -0.1) is 0 Å². The van der Waals surface area contributed by atoms with E-state index >= 15 is 0 Å². The number of nitrogens with zero attached hydrogens (tertiary/aromatic N) is 4. The molecule has 0 atom stereocenters. The number of nitrogens with one attached hydrogen (secondary N) is 1. The lowest BCUT2D eigenvalue weighted by Gasteiger charge is -2.37. The molecule has 0 amide bonds. The molecule has 0 bridgehead atoms. The van der Waals surface area contributed by atoms with Crippen LogP contribution >= 0.6 is 0 Å². The van der Waals surface area contributed by atoms with E-state index in [9.17, 15) is 0 Å². The van der Waals surface area contributed by atoms with Gasteiger partial charge >= 0.3 is 0 Å². The van der Waals surface area contributed by atoms with Crippen molar-refractivity contribution in [3.8, 4) is 6.07 Å². The summed E-state index contributed by atoms with van der Waals surface area (Å²) in [4.78, 5) is 9.51. The molecular weight excluding hydrogens is 322 g/mol. The molecule has 0 unspecified atom stereocenters. The van der Waals surface area contributed by atoms with E-state index < -0.39 is 0 Å². The Balaban J connectivity index is 1.64. The number of benzene rings is 2. The van der Waals surface area contributed by atoms with Crippen LogP contribution in [0.15, 0.2) is 59.6 Å². The number of guanidine groups is 1. The lowest BCUT2D eigenvalue weighted by Crippen LogP contribution is -2.52. The van der Waals surface area contributed by atoms with Crippen molar-refractivity contribution in [2.24, 2.45) is 4.99 Å². The van der Waals surface area contributed by atoms with Crippen LogP contribution in [0, 0.1) is 11.3 Å². The number of nitriles is 1. The lowest BCUT2D eigenvalue weighted by molar-refractivity contribution is 0.372. The van der Waals surface area contributed by atoms with E-state index in [1.54, 1.807) is 0 Å². The van der Waals surface area contributed by atoms with Gasteiger partial charge in [-0.1, -0.05) is 30.3 Å². The third-order valence-electron chi connectivity index (χ3n) is 4.50. The quantitative estimate of drug-likeness (QED) is 0.683. The van der Waals surface area contributed by atoms with E-state index in [-0.39, 0.29) is 0 Å². The Bertz CT molecular complexity index is 770. The van der Waals surface area contributed by atoms with Crippen LogP contribution in [0.2, 0.25) is 0 Å². The summed E-state index contributed by atoms with van der Waals surface area (Å²) in [6.45, 7) is 7.37. The Morgan fingerprint density at radius 1 is 1.08 bits per heavy atom. The first-order chi connectivity index (χ1) is 12.8. The van der Waals surface area contributed by atoms with E-state index in [1.165, 1.54) is 5.69 Å². The molecule has 1 saturated heterocycles. The molecule has 1 fully saturated rings. The number of hydrogen-bond acceptors (Lipinski definition) is 3. The largest absolute Gasteiger partial charge is 0.368 e. The Morgan fingerprint density at radius 2 is 1.85 bits per heavy atom. The van der Waals surface area contributed by atoms with Crippen LogP contribution in [-0.4, -0.2) is 43.6 Å². The van der Waals surface area contributed by atoms with Crippen LogP contribution < -0.4 is 10.2 Å². The average Bonchev–Trinajstić information content (AvgIpc) is 2.72. The third-order valence-corrected chi connectivity index (χ3v) is 4.50. The average molecular weight is 347 g/mol. The molecule has 0 radical (unpaired) electrons. The number of hydrogen-bond donors (Lipinski definition) is 1. The predicted octanol–water partition coefficient (Wildman–Crippen LogP) is 2.85. The van der Waals surface area contributed by atoms with E-state index in [1.807, 2.05) is 24.3 Å². The zero-order valence-corrected chi connectivity index (χ0v) is 15.2. The summed E-state index contributed by atoms with van der Waals surface area (Å²) in [5.74, 6) is 0.947. The predicted molar refractivity (Wildman–Crippen MR) is 106 cm³/mol. The molecule has 1 heterocycles. The summed E-state index contributed by atoms with van der Waals surface area (Å²) in [6.07, 6.45) is 0. The standard InChI is InChI=1S/C21H25N5/c1-2-23-21(24-17-19-8-6-7-18(15-19)16-22)26-13-11-25(12-14-26)20-9-4-3-5-10-20/h3-10,15H,2,11-14,17H2,1H3,(H,23,24). The van der Waals surface area contributed by atoms with Gasteiger partial charge in [-0.05, 0) is 36.8 Å². The molecule has 1 N–H and O–H groups in total.